The van der Waals surface area contributed by atoms with Crippen molar-refractivity contribution in [2.75, 3.05) is 18.1 Å². The lowest BCUT2D eigenvalue weighted by Crippen LogP contribution is -2.23. The van der Waals surface area contributed by atoms with Crippen LogP contribution in [0.3, 0.4) is 0 Å². The van der Waals surface area contributed by atoms with Crippen LogP contribution in [0.15, 0.2) is 28.6 Å². The summed E-state index contributed by atoms with van der Waals surface area (Å²) in [6.07, 6.45) is 0. The molecule has 2 rings (SSSR count). The highest BCUT2D eigenvalue weighted by atomic mass is 32.2. The molecule has 2 aromatic rings. The smallest absolute Gasteiger partial charge is 0.217 e. The third kappa shape index (κ3) is 5.04. The molecule has 6 nitrogen and oxygen atoms in total. The van der Waals surface area contributed by atoms with Gasteiger partial charge in [0.15, 0.2) is 10.1 Å². The molecule has 8 heteroatoms. The van der Waals surface area contributed by atoms with Crippen LogP contribution in [-0.4, -0.2) is 34.7 Å². The maximum atomic E-state index is 12.2. The Morgan fingerprint density at radius 1 is 1.26 bits per heavy atom. The van der Waals surface area contributed by atoms with Gasteiger partial charge in [0.25, 0.3) is 0 Å². The van der Waals surface area contributed by atoms with Gasteiger partial charge in [0.05, 0.1) is 11.8 Å². The highest BCUT2D eigenvalue weighted by Gasteiger charge is 2.11. The van der Waals surface area contributed by atoms with E-state index in [0.717, 1.165) is 15.0 Å². The van der Waals surface area contributed by atoms with Gasteiger partial charge >= 0.3 is 0 Å². The van der Waals surface area contributed by atoms with Crippen LogP contribution >= 0.6 is 23.1 Å². The summed E-state index contributed by atoms with van der Waals surface area (Å²) in [7, 11) is 1.78. The third-order valence-electron chi connectivity index (χ3n) is 3.10. The second kappa shape index (κ2) is 8.07. The van der Waals surface area contributed by atoms with Gasteiger partial charge in [0.2, 0.25) is 11.0 Å². The van der Waals surface area contributed by atoms with Crippen molar-refractivity contribution in [3.8, 4) is 0 Å². The van der Waals surface area contributed by atoms with E-state index in [4.69, 9.17) is 0 Å². The number of amides is 1. The average molecular weight is 350 g/mol. The molecule has 0 unspecified atom stereocenters. The lowest BCUT2D eigenvalue weighted by Gasteiger charge is -2.13. The monoisotopic (exact) mass is 350 g/mol. The van der Waals surface area contributed by atoms with E-state index in [-0.39, 0.29) is 17.7 Å². The fourth-order valence-electron chi connectivity index (χ4n) is 1.93. The first-order chi connectivity index (χ1) is 11.0. The van der Waals surface area contributed by atoms with Crippen LogP contribution in [0, 0.1) is 0 Å². The molecular formula is C15H18N4O2S2. The first kappa shape index (κ1) is 17.4. The Balaban J connectivity index is 1.93. The summed E-state index contributed by atoms with van der Waals surface area (Å²) < 4.78 is 0.763. The maximum Gasteiger partial charge on any atom is 0.217 e. The lowest BCUT2D eigenvalue weighted by molar-refractivity contribution is -0.119. The van der Waals surface area contributed by atoms with Crippen molar-refractivity contribution in [2.45, 2.75) is 24.2 Å². The maximum absolute atomic E-state index is 12.2. The lowest BCUT2D eigenvalue weighted by atomic mass is 10.0. The highest BCUT2D eigenvalue weighted by Crippen LogP contribution is 2.25. The number of carbonyl (C=O) groups excluding carboxylic acids is 2. The Kier molecular flexibility index (Phi) is 6.12. The number of hydrogen-bond donors (Lipinski definition) is 2. The number of rotatable bonds is 7. The number of nitrogens with zero attached hydrogens (tertiary/aromatic N) is 2. The summed E-state index contributed by atoms with van der Waals surface area (Å²) in [6, 6.07) is 7.23. The van der Waals surface area contributed by atoms with Gasteiger partial charge in [-0.2, -0.15) is 0 Å². The Bertz CT molecular complexity index is 685. The Morgan fingerprint density at radius 2 is 1.96 bits per heavy atom. The van der Waals surface area contributed by atoms with Crippen LogP contribution in [0.1, 0.15) is 35.8 Å². The fourth-order valence-corrected chi connectivity index (χ4v) is 3.53. The first-order valence-corrected chi connectivity index (χ1v) is 8.84. The molecular weight excluding hydrogens is 332 g/mol. The van der Waals surface area contributed by atoms with Crippen LogP contribution in [0.4, 0.5) is 5.13 Å². The van der Waals surface area contributed by atoms with Gasteiger partial charge in [-0.25, -0.2) is 0 Å². The van der Waals surface area contributed by atoms with Gasteiger partial charge in [-0.1, -0.05) is 47.4 Å². The Labute approximate surface area is 143 Å². The molecule has 0 aliphatic rings. The molecule has 0 aliphatic carbocycles. The summed E-state index contributed by atoms with van der Waals surface area (Å²) in [5.41, 5.74) is 1.61. The number of Topliss-reactive ketones (excluding diaryl/α,β-unsaturated/α-hetero) is 1. The number of carbonyl (C=O) groups is 2. The predicted octanol–water partition coefficient (Wildman–Crippen LogP) is 2.75. The van der Waals surface area contributed by atoms with Crippen molar-refractivity contribution in [3.63, 3.8) is 0 Å². The summed E-state index contributed by atoms with van der Waals surface area (Å²) in [5.74, 6) is 0.279. The number of hydrogen-bond acceptors (Lipinski definition) is 7. The molecule has 0 fully saturated rings. The second-order valence-corrected chi connectivity index (χ2v) is 7.08. The molecule has 2 N–H and O–H groups in total. The number of ketones is 1. The molecule has 0 saturated heterocycles. The molecule has 23 heavy (non-hydrogen) atoms. The van der Waals surface area contributed by atoms with E-state index in [1.54, 1.807) is 19.2 Å². The van der Waals surface area contributed by atoms with Crippen molar-refractivity contribution >= 4 is 39.9 Å². The molecule has 1 atom stereocenters. The van der Waals surface area contributed by atoms with E-state index in [1.165, 1.54) is 30.0 Å². The van der Waals surface area contributed by atoms with E-state index in [9.17, 15) is 9.59 Å². The Hall–Kier alpha value is -1.93. The van der Waals surface area contributed by atoms with Crippen LogP contribution in [-0.2, 0) is 4.79 Å². The molecule has 0 saturated carbocycles. The number of benzene rings is 1. The minimum absolute atomic E-state index is 0.0370. The summed E-state index contributed by atoms with van der Waals surface area (Å²) in [5, 5.41) is 14.4. The van der Waals surface area contributed by atoms with Crippen molar-refractivity contribution < 1.29 is 9.59 Å². The SMILES string of the molecule is CNc1nnc(SCC(=O)c2ccc([C@@H](C)NC(C)=O)cc2)s1. The molecule has 1 aromatic carbocycles. The minimum Gasteiger partial charge on any atom is -0.363 e. The normalized spacial score (nSPS) is 11.8. The second-order valence-electron chi connectivity index (χ2n) is 4.88. The zero-order valence-electron chi connectivity index (χ0n) is 13.1. The third-order valence-corrected chi connectivity index (χ3v) is 5.17. The molecule has 1 aromatic heterocycles. The van der Waals surface area contributed by atoms with Crippen LogP contribution in [0.25, 0.3) is 0 Å². The minimum atomic E-state index is -0.0768. The van der Waals surface area contributed by atoms with Gasteiger partial charge in [-0.05, 0) is 12.5 Å². The first-order valence-electron chi connectivity index (χ1n) is 7.04. The Morgan fingerprint density at radius 3 is 2.52 bits per heavy atom. The van der Waals surface area contributed by atoms with E-state index >= 15 is 0 Å². The predicted molar refractivity (Wildman–Crippen MR) is 93.2 cm³/mol. The number of aromatic nitrogens is 2. The quantitative estimate of drug-likeness (QED) is 0.590. The van der Waals surface area contributed by atoms with Crippen LogP contribution < -0.4 is 10.6 Å². The summed E-state index contributed by atoms with van der Waals surface area (Å²) >= 11 is 2.80. The van der Waals surface area contributed by atoms with E-state index in [2.05, 4.69) is 20.8 Å². The standard InChI is InChI=1S/C15H18N4O2S2/c1-9(17-10(2)20)11-4-6-12(7-5-11)13(21)8-22-15-19-18-14(16-3)23-15/h4-7,9H,8H2,1-3H3,(H,16,18)(H,17,20)/t9-/m1/s1. The zero-order chi connectivity index (χ0) is 16.8. The van der Waals surface area contributed by atoms with Crippen LogP contribution in [0.2, 0.25) is 0 Å². The number of nitrogens with one attached hydrogen (secondary N) is 2. The molecule has 0 aliphatic heterocycles. The van der Waals surface area contributed by atoms with Gasteiger partial charge in [-0.15, -0.1) is 10.2 Å². The topological polar surface area (TPSA) is 84.0 Å². The zero-order valence-corrected chi connectivity index (χ0v) is 14.8. The largest absolute Gasteiger partial charge is 0.363 e. The molecule has 122 valence electrons. The van der Waals surface area contributed by atoms with E-state index in [1.807, 2.05) is 19.1 Å². The van der Waals surface area contributed by atoms with Crippen LogP contribution in [0.5, 0.6) is 0 Å². The number of anilines is 1. The molecule has 0 radical (unpaired) electrons. The fraction of sp³-hybridized carbons (Fsp3) is 0.333. The van der Waals surface area contributed by atoms with E-state index in [0.29, 0.717) is 11.3 Å². The van der Waals surface area contributed by atoms with E-state index < -0.39 is 0 Å². The van der Waals surface area contributed by atoms with Crippen molar-refractivity contribution in [1.82, 2.24) is 15.5 Å². The molecule has 0 spiro atoms. The van der Waals surface area contributed by atoms with Gasteiger partial charge in [-0.3, -0.25) is 9.59 Å². The van der Waals surface area contributed by atoms with Gasteiger partial charge in [0, 0.05) is 19.5 Å². The highest BCUT2D eigenvalue weighted by molar-refractivity contribution is 8.01. The summed E-state index contributed by atoms with van der Waals surface area (Å²) in [4.78, 5) is 23.3. The van der Waals surface area contributed by atoms with Crippen molar-refractivity contribution in [3.05, 3.63) is 35.4 Å². The molecule has 0 bridgehead atoms. The van der Waals surface area contributed by atoms with Gasteiger partial charge < -0.3 is 10.6 Å². The number of thioether (sulfide) groups is 1. The van der Waals surface area contributed by atoms with Gasteiger partial charge in [0.1, 0.15) is 0 Å². The average Bonchev–Trinajstić information content (AvgIpc) is 3.00. The molecule has 1 heterocycles. The van der Waals surface area contributed by atoms with Crippen molar-refractivity contribution in [2.24, 2.45) is 0 Å². The molecule has 1 amide bonds. The van der Waals surface area contributed by atoms with Crippen molar-refractivity contribution in [1.29, 1.82) is 0 Å². The summed E-state index contributed by atoms with van der Waals surface area (Å²) in [6.45, 7) is 3.39.